The minimum atomic E-state index is 0.0433. The maximum absolute atomic E-state index is 5.58. The van der Waals surface area contributed by atoms with Crippen molar-refractivity contribution < 1.29 is 4.74 Å². The van der Waals surface area contributed by atoms with Crippen LogP contribution >= 0.6 is 0 Å². The molecule has 0 fully saturated rings. The van der Waals surface area contributed by atoms with Gasteiger partial charge in [-0.2, -0.15) is 0 Å². The van der Waals surface area contributed by atoms with Gasteiger partial charge in [0.15, 0.2) is 0 Å². The van der Waals surface area contributed by atoms with Crippen molar-refractivity contribution in [3.63, 3.8) is 0 Å². The summed E-state index contributed by atoms with van der Waals surface area (Å²) in [6, 6.07) is 0. The summed E-state index contributed by atoms with van der Waals surface area (Å²) in [6.45, 7) is 17.8. The molecule has 0 aromatic heterocycles. The van der Waals surface area contributed by atoms with Crippen LogP contribution in [0.1, 0.15) is 34.6 Å². The van der Waals surface area contributed by atoms with E-state index in [2.05, 4.69) is 27.0 Å². The van der Waals surface area contributed by atoms with E-state index in [4.69, 9.17) is 4.74 Å². The highest BCUT2D eigenvalue weighted by molar-refractivity contribution is 5.25. The van der Waals surface area contributed by atoms with Crippen molar-refractivity contribution in [3.05, 3.63) is 35.6 Å². The smallest absolute Gasteiger partial charge is 0.116 e. The molecule has 0 aliphatic heterocycles. The topological polar surface area (TPSA) is 9.23 Å². The molecule has 0 saturated heterocycles. The Labute approximate surface area is 81.8 Å². The van der Waals surface area contributed by atoms with Crippen LogP contribution in [0.4, 0.5) is 0 Å². The summed E-state index contributed by atoms with van der Waals surface area (Å²) in [6.07, 6.45) is 0.0433. The first-order chi connectivity index (χ1) is 5.86. The molecule has 1 nitrogen and oxygen atoms in total. The molecule has 1 atom stereocenters. The van der Waals surface area contributed by atoms with Gasteiger partial charge in [-0.25, -0.2) is 0 Å². The van der Waals surface area contributed by atoms with Gasteiger partial charge in [0.1, 0.15) is 11.9 Å². The number of hydrogen-bond donors (Lipinski definition) is 0. The van der Waals surface area contributed by atoms with E-state index in [-0.39, 0.29) is 6.10 Å². The van der Waals surface area contributed by atoms with E-state index in [1.54, 1.807) is 0 Å². The zero-order valence-electron chi connectivity index (χ0n) is 9.40. The molecule has 0 aromatic rings. The first-order valence-corrected chi connectivity index (χ1v) is 4.51. The lowest BCUT2D eigenvalue weighted by molar-refractivity contribution is 0.168. The van der Waals surface area contributed by atoms with Crippen LogP contribution in [0.5, 0.6) is 0 Å². The lowest BCUT2D eigenvalue weighted by Crippen LogP contribution is -2.08. The molecule has 1 heteroatoms. The van der Waals surface area contributed by atoms with Gasteiger partial charge in [-0.3, -0.25) is 0 Å². The fourth-order valence-corrected chi connectivity index (χ4v) is 0.681. The Morgan fingerprint density at radius 2 is 1.54 bits per heavy atom. The molecule has 0 aliphatic rings. The largest absolute Gasteiger partial charge is 0.487 e. The Balaban J connectivity index is 4.33. The Kier molecular flexibility index (Phi) is 4.53. The molecule has 0 aliphatic carbocycles. The van der Waals surface area contributed by atoms with Crippen LogP contribution in [-0.4, -0.2) is 6.10 Å². The summed E-state index contributed by atoms with van der Waals surface area (Å²) in [5.74, 6) is 0.746. The van der Waals surface area contributed by atoms with Gasteiger partial charge in [-0.1, -0.05) is 18.7 Å². The summed E-state index contributed by atoms with van der Waals surface area (Å²) < 4.78 is 5.58. The van der Waals surface area contributed by atoms with E-state index in [0.717, 1.165) is 16.9 Å². The zero-order chi connectivity index (χ0) is 10.6. The highest BCUT2D eigenvalue weighted by atomic mass is 16.5. The van der Waals surface area contributed by atoms with Crippen molar-refractivity contribution in [3.8, 4) is 0 Å². The predicted octanol–water partition coefficient (Wildman–Crippen LogP) is 3.84. The lowest BCUT2D eigenvalue weighted by atomic mass is 10.1. The maximum Gasteiger partial charge on any atom is 0.116 e. The molecule has 0 heterocycles. The van der Waals surface area contributed by atoms with Crippen LogP contribution < -0.4 is 0 Å². The molecule has 0 aromatic carbocycles. The molecule has 0 amide bonds. The predicted molar refractivity (Wildman–Crippen MR) is 58.5 cm³/mol. The van der Waals surface area contributed by atoms with Gasteiger partial charge in [-0.15, -0.1) is 0 Å². The second kappa shape index (κ2) is 4.90. The van der Waals surface area contributed by atoms with Gasteiger partial charge < -0.3 is 4.74 Å². The zero-order valence-corrected chi connectivity index (χ0v) is 9.40. The lowest BCUT2D eigenvalue weighted by Gasteiger charge is -2.17. The van der Waals surface area contributed by atoms with Gasteiger partial charge >= 0.3 is 0 Å². The second-order valence-electron chi connectivity index (χ2n) is 3.65. The van der Waals surface area contributed by atoms with Gasteiger partial charge in [0.05, 0.1) is 0 Å². The van der Waals surface area contributed by atoms with E-state index in [1.807, 2.05) is 20.8 Å². The molecule has 0 N–H and O–H groups in total. The van der Waals surface area contributed by atoms with Crippen molar-refractivity contribution in [1.82, 2.24) is 0 Å². The van der Waals surface area contributed by atoms with E-state index >= 15 is 0 Å². The fourth-order valence-electron chi connectivity index (χ4n) is 0.681. The molecule has 0 rings (SSSR count). The highest BCUT2D eigenvalue weighted by Crippen LogP contribution is 2.17. The fraction of sp³-hybridized carbons (Fsp3) is 0.500. The minimum absolute atomic E-state index is 0.0433. The number of hydrogen-bond acceptors (Lipinski definition) is 1. The molecule has 0 radical (unpaired) electrons. The van der Waals surface area contributed by atoms with Crippen LogP contribution in [0.2, 0.25) is 0 Å². The molecule has 0 bridgehead atoms. The van der Waals surface area contributed by atoms with Crippen molar-refractivity contribution >= 4 is 0 Å². The molecule has 0 saturated carbocycles. The average Bonchev–Trinajstić information content (AvgIpc) is 2.02. The maximum atomic E-state index is 5.58. The normalized spacial score (nSPS) is 11.8. The van der Waals surface area contributed by atoms with Crippen LogP contribution in [0.3, 0.4) is 0 Å². The third-order valence-corrected chi connectivity index (χ3v) is 2.18. The number of ether oxygens (including phenoxy) is 1. The Bertz CT molecular complexity index is 242. The first-order valence-electron chi connectivity index (χ1n) is 4.51. The molecule has 1 unspecified atom stereocenters. The Morgan fingerprint density at radius 1 is 1.08 bits per heavy atom. The summed E-state index contributed by atoms with van der Waals surface area (Å²) in [5, 5.41) is 0. The van der Waals surface area contributed by atoms with E-state index < -0.39 is 0 Å². The molecule has 13 heavy (non-hydrogen) atoms. The third-order valence-electron chi connectivity index (χ3n) is 2.18. The number of allylic oxidation sites excluding steroid dienone is 2. The first kappa shape index (κ1) is 12.0. The average molecular weight is 180 g/mol. The summed E-state index contributed by atoms with van der Waals surface area (Å²) in [5.41, 5.74) is 3.37. The quantitative estimate of drug-likeness (QED) is 0.363. The number of rotatable bonds is 4. The summed E-state index contributed by atoms with van der Waals surface area (Å²) >= 11 is 0. The van der Waals surface area contributed by atoms with E-state index in [0.29, 0.717) is 0 Å². The Morgan fingerprint density at radius 3 is 1.85 bits per heavy atom. The van der Waals surface area contributed by atoms with Gasteiger partial charge in [0.2, 0.25) is 0 Å². The standard InChI is InChI=1S/C12H20O/c1-8(2)10(5)12(7)13-11(6)9(3)4/h11H,3,7H2,1-2,4-6H3. The van der Waals surface area contributed by atoms with Crippen LogP contribution in [-0.2, 0) is 4.74 Å². The van der Waals surface area contributed by atoms with Crippen molar-refractivity contribution in [2.75, 3.05) is 0 Å². The van der Waals surface area contributed by atoms with Crippen LogP contribution in [0, 0.1) is 0 Å². The van der Waals surface area contributed by atoms with Gasteiger partial charge in [-0.05, 0) is 45.8 Å². The van der Waals surface area contributed by atoms with Crippen LogP contribution in [0.15, 0.2) is 35.6 Å². The highest BCUT2D eigenvalue weighted by Gasteiger charge is 2.06. The van der Waals surface area contributed by atoms with Crippen LogP contribution in [0.25, 0.3) is 0 Å². The molecular formula is C12H20O. The summed E-state index contributed by atoms with van der Waals surface area (Å²) in [4.78, 5) is 0. The van der Waals surface area contributed by atoms with Gasteiger partial charge in [0.25, 0.3) is 0 Å². The van der Waals surface area contributed by atoms with E-state index in [9.17, 15) is 0 Å². The molecule has 74 valence electrons. The van der Waals surface area contributed by atoms with E-state index in [1.165, 1.54) is 5.57 Å². The van der Waals surface area contributed by atoms with Crippen molar-refractivity contribution in [2.24, 2.45) is 0 Å². The summed E-state index contributed by atoms with van der Waals surface area (Å²) in [7, 11) is 0. The monoisotopic (exact) mass is 180 g/mol. The molecule has 0 spiro atoms. The SMILES string of the molecule is C=C(OC(C)C(=C)C)C(C)=C(C)C. The Hall–Kier alpha value is -0.980. The van der Waals surface area contributed by atoms with Gasteiger partial charge in [0, 0.05) is 0 Å². The minimum Gasteiger partial charge on any atom is -0.487 e. The third kappa shape index (κ3) is 3.97. The van der Waals surface area contributed by atoms with Crippen molar-refractivity contribution in [1.29, 1.82) is 0 Å². The second-order valence-corrected chi connectivity index (χ2v) is 3.65. The van der Waals surface area contributed by atoms with Crippen molar-refractivity contribution in [2.45, 2.75) is 40.7 Å². The molecular weight excluding hydrogens is 160 g/mol.